The van der Waals surface area contributed by atoms with Gasteiger partial charge < -0.3 is 10.6 Å². The molecule has 0 aliphatic heterocycles. The highest BCUT2D eigenvalue weighted by Gasteiger charge is 2.22. The molecule has 21 heavy (non-hydrogen) atoms. The van der Waals surface area contributed by atoms with E-state index in [1.807, 2.05) is 0 Å². The Balaban J connectivity index is 2.66. The summed E-state index contributed by atoms with van der Waals surface area (Å²) in [5.74, 6) is 0. The van der Waals surface area contributed by atoms with Gasteiger partial charge in [0.05, 0.1) is 0 Å². The molecule has 2 atom stereocenters. The van der Waals surface area contributed by atoms with Gasteiger partial charge in [0.2, 0.25) is 0 Å². The number of benzene rings is 1. The van der Waals surface area contributed by atoms with Crippen molar-refractivity contribution in [2.75, 3.05) is 32.7 Å². The van der Waals surface area contributed by atoms with Gasteiger partial charge in [-0.3, -0.25) is 4.90 Å². The van der Waals surface area contributed by atoms with Crippen LogP contribution in [-0.4, -0.2) is 48.6 Å². The molecule has 0 saturated heterocycles. The largest absolute Gasteiger partial charge is 0.326 e. The number of likely N-dealkylation sites (N-methyl/N-ethyl adjacent to an activating group) is 1. The summed E-state index contributed by atoms with van der Waals surface area (Å²) in [6, 6.07) is 11.1. The lowest BCUT2D eigenvalue weighted by Gasteiger charge is -2.34. The fraction of sp³-hybridized carbons (Fsp3) is 0.667. The minimum Gasteiger partial charge on any atom is -0.326 e. The number of hydrogen-bond acceptors (Lipinski definition) is 3. The van der Waals surface area contributed by atoms with E-state index in [-0.39, 0.29) is 6.04 Å². The smallest absolute Gasteiger partial charge is 0.0496 e. The maximum atomic E-state index is 6.28. The summed E-state index contributed by atoms with van der Waals surface area (Å²) in [4.78, 5) is 5.00. The van der Waals surface area contributed by atoms with E-state index in [1.165, 1.54) is 18.5 Å². The molecule has 0 amide bonds. The van der Waals surface area contributed by atoms with E-state index < -0.39 is 0 Å². The van der Waals surface area contributed by atoms with Crippen LogP contribution in [0.2, 0.25) is 0 Å². The van der Waals surface area contributed by atoms with E-state index in [0.29, 0.717) is 6.04 Å². The first-order chi connectivity index (χ1) is 10.1. The lowest BCUT2D eigenvalue weighted by Crippen LogP contribution is -2.40. The van der Waals surface area contributed by atoms with Gasteiger partial charge >= 0.3 is 0 Å². The summed E-state index contributed by atoms with van der Waals surface area (Å²) in [6.45, 7) is 14.4. The van der Waals surface area contributed by atoms with Gasteiger partial charge in [-0.2, -0.15) is 0 Å². The number of nitrogens with zero attached hydrogens (tertiary/aromatic N) is 2. The molecule has 0 spiro atoms. The van der Waals surface area contributed by atoms with Gasteiger partial charge in [0, 0.05) is 18.6 Å². The van der Waals surface area contributed by atoms with Crippen LogP contribution in [0, 0.1) is 0 Å². The molecule has 3 heteroatoms. The Morgan fingerprint density at radius 3 is 2.05 bits per heavy atom. The minimum atomic E-state index is 0.140. The van der Waals surface area contributed by atoms with Crippen molar-refractivity contribution in [2.24, 2.45) is 5.73 Å². The third-order valence-corrected chi connectivity index (χ3v) is 4.25. The normalized spacial score (nSPS) is 14.6. The highest BCUT2D eigenvalue weighted by Crippen LogP contribution is 2.23. The SMILES string of the molecule is CCN(CC)CCCN(CC)C(c1ccccc1)C(C)N. The molecule has 1 aromatic rings. The van der Waals surface area contributed by atoms with Crippen molar-refractivity contribution in [3.8, 4) is 0 Å². The first-order valence-corrected chi connectivity index (χ1v) is 8.40. The number of hydrogen-bond donors (Lipinski definition) is 1. The maximum Gasteiger partial charge on any atom is 0.0496 e. The minimum absolute atomic E-state index is 0.140. The van der Waals surface area contributed by atoms with Crippen molar-refractivity contribution in [3.63, 3.8) is 0 Å². The summed E-state index contributed by atoms with van der Waals surface area (Å²) in [5, 5.41) is 0. The van der Waals surface area contributed by atoms with E-state index in [1.54, 1.807) is 0 Å². The highest BCUT2D eigenvalue weighted by molar-refractivity contribution is 5.20. The molecule has 0 aromatic heterocycles. The predicted molar refractivity (Wildman–Crippen MR) is 92.5 cm³/mol. The van der Waals surface area contributed by atoms with E-state index in [0.717, 1.165) is 26.2 Å². The predicted octanol–water partition coefficient (Wildman–Crippen LogP) is 3.13. The van der Waals surface area contributed by atoms with Crippen LogP contribution in [0.1, 0.15) is 45.7 Å². The molecule has 2 N–H and O–H groups in total. The molecule has 0 aliphatic rings. The van der Waals surface area contributed by atoms with Crippen LogP contribution in [0.25, 0.3) is 0 Å². The van der Waals surface area contributed by atoms with E-state index in [9.17, 15) is 0 Å². The average molecular weight is 291 g/mol. The average Bonchev–Trinajstić information content (AvgIpc) is 2.51. The zero-order chi connectivity index (χ0) is 15.7. The van der Waals surface area contributed by atoms with Gasteiger partial charge in [-0.1, -0.05) is 51.1 Å². The van der Waals surface area contributed by atoms with Crippen molar-refractivity contribution < 1.29 is 0 Å². The summed E-state index contributed by atoms with van der Waals surface area (Å²) in [5.41, 5.74) is 7.61. The second-order valence-electron chi connectivity index (χ2n) is 5.72. The highest BCUT2D eigenvalue weighted by atomic mass is 15.2. The lowest BCUT2D eigenvalue weighted by molar-refractivity contribution is 0.172. The van der Waals surface area contributed by atoms with Crippen molar-refractivity contribution in [1.82, 2.24) is 9.80 Å². The van der Waals surface area contributed by atoms with Crippen LogP contribution in [0.15, 0.2) is 30.3 Å². The molecule has 1 aromatic carbocycles. The zero-order valence-corrected chi connectivity index (χ0v) is 14.3. The molecule has 0 bridgehead atoms. The lowest BCUT2D eigenvalue weighted by atomic mass is 9.99. The Morgan fingerprint density at radius 2 is 1.57 bits per heavy atom. The topological polar surface area (TPSA) is 32.5 Å². The molecule has 0 fully saturated rings. The third kappa shape index (κ3) is 5.77. The van der Waals surface area contributed by atoms with Crippen LogP contribution in [-0.2, 0) is 0 Å². The first-order valence-electron chi connectivity index (χ1n) is 8.40. The first kappa shape index (κ1) is 18.1. The standard InChI is InChI=1S/C18H33N3/c1-5-20(6-2)14-11-15-21(7-3)18(16(4)19)17-12-9-8-10-13-17/h8-10,12-13,16,18H,5-7,11,14-15,19H2,1-4H3. The number of rotatable bonds is 10. The molecule has 1 rings (SSSR count). The van der Waals surface area contributed by atoms with Crippen LogP contribution >= 0.6 is 0 Å². The van der Waals surface area contributed by atoms with Crippen molar-refractivity contribution >= 4 is 0 Å². The molecule has 0 saturated carbocycles. The van der Waals surface area contributed by atoms with E-state index in [2.05, 4.69) is 67.8 Å². The van der Waals surface area contributed by atoms with Crippen molar-refractivity contribution in [2.45, 2.75) is 46.2 Å². The second kappa shape index (κ2) is 9.93. The van der Waals surface area contributed by atoms with Gasteiger partial charge in [0.1, 0.15) is 0 Å². The van der Waals surface area contributed by atoms with Crippen molar-refractivity contribution in [1.29, 1.82) is 0 Å². The van der Waals surface area contributed by atoms with Gasteiger partial charge in [-0.15, -0.1) is 0 Å². The van der Waals surface area contributed by atoms with Gasteiger partial charge in [0.15, 0.2) is 0 Å². The third-order valence-electron chi connectivity index (χ3n) is 4.25. The molecule has 0 aliphatic carbocycles. The Labute approximate surface area is 131 Å². The Kier molecular flexibility index (Phi) is 8.58. The second-order valence-corrected chi connectivity index (χ2v) is 5.72. The zero-order valence-electron chi connectivity index (χ0n) is 14.3. The quantitative estimate of drug-likeness (QED) is 0.719. The van der Waals surface area contributed by atoms with Gasteiger partial charge in [0.25, 0.3) is 0 Å². The fourth-order valence-corrected chi connectivity index (χ4v) is 3.03. The van der Waals surface area contributed by atoms with Crippen molar-refractivity contribution in [3.05, 3.63) is 35.9 Å². The summed E-state index contributed by atoms with van der Waals surface area (Å²) < 4.78 is 0. The Hall–Kier alpha value is -0.900. The number of nitrogens with two attached hydrogens (primary N) is 1. The molecule has 120 valence electrons. The summed E-state index contributed by atoms with van der Waals surface area (Å²) in [6.07, 6.45) is 1.20. The van der Waals surface area contributed by atoms with Gasteiger partial charge in [-0.05, 0) is 45.1 Å². The Morgan fingerprint density at radius 1 is 0.952 bits per heavy atom. The van der Waals surface area contributed by atoms with Crippen LogP contribution in [0.4, 0.5) is 0 Å². The summed E-state index contributed by atoms with van der Waals surface area (Å²) in [7, 11) is 0. The Bertz CT molecular complexity index is 360. The van der Waals surface area contributed by atoms with Crippen LogP contribution in [0.3, 0.4) is 0 Å². The van der Waals surface area contributed by atoms with Crippen LogP contribution < -0.4 is 5.73 Å². The fourth-order valence-electron chi connectivity index (χ4n) is 3.03. The molecular formula is C18H33N3. The molecule has 3 nitrogen and oxygen atoms in total. The summed E-state index contributed by atoms with van der Waals surface area (Å²) >= 11 is 0. The molecule has 0 heterocycles. The molecule has 2 unspecified atom stereocenters. The van der Waals surface area contributed by atoms with Gasteiger partial charge in [-0.25, -0.2) is 0 Å². The van der Waals surface area contributed by atoms with Crippen LogP contribution in [0.5, 0.6) is 0 Å². The maximum absolute atomic E-state index is 6.28. The monoisotopic (exact) mass is 291 g/mol. The van der Waals surface area contributed by atoms with E-state index >= 15 is 0 Å². The van der Waals surface area contributed by atoms with E-state index in [4.69, 9.17) is 5.73 Å². The molecular weight excluding hydrogens is 258 g/mol. The molecule has 0 radical (unpaired) electrons.